The van der Waals surface area contributed by atoms with E-state index in [1.54, 1.807) is 25.2 Å². The lowest BCUT2D eigenvalue weighted by Crippen LogP contribution is -2.27. The largest absolute Gasteiger partial charge is 0.481 e. The minimum Gasteiger partial charge on any atom is -0.481 e. The maximum Gasteiger partial charge on any atom is 0.313 e. The number of carboxylic acid groups (broad SMARTS) is 1. The molecule has 0 fully saturated rings. The number of carbonyl (C=O) groups is 1. The van der Waals surface area contributed by atoms with Crippen molar-refractivity contribution in [2.45, 2.75) is 26.2 Å². The second kappa shape index (κ2) is 2.90. The Bertz CT molecular complexity index is 299. The smallest absolute Gasteiger partial charge is 0.313 e. The number of carboxylic acids is 1. The van der Waals surface area contributed by atoms with Gasteiger partial charge in [0.1, 0.15) is 0 Å². The fraction of sp³-hybridized carbons (Fsp3) is 0.444. The zero-order valence-corrected chi connectivity index (χ0v) is 8.23. The highest BCUT2D eigenvalue weighted by atomic mass is 32.1. The standard InChI is InChI=1S/C9H12O2S/c1-6-4-7(5-12-6)9(2,3)8(10)11/h4-5H,1-3H3,(H,10,11). The highest BCUT2D eigenvalue weighted by Gasteiger charge is 2.29. The van der Waals surface area contributed by atoms with Gasteiger partial charge < -0.3 is 5.11 Å². The van der Waals surface area contributed by atoms with Gasteiger partial charge in [0.15, 0.2) is 0 Å². The van der Waals surface area contributed by atoms with Gasteiger partial charge in [0.25, 0.3) is 0 Å². The summed E-state index contributed by atoms with van der Waals surface area (Å²) < 4.78 is 0. The summed E-state index contributed by atoms with van der Waals surface area (Å²) in [4.78, 5) is 12.0. The van der Waals surface area contributed by atoms with Gasteiger partial charge >= 0.3 is 5.97 Å². The van der Waals surface area contributed by atoms with Gasteiger partial charge in [0, 0.05) is 4.88 Å². The van der Waals surface area contributed by atoms with E-state index < -0.39 is 11.4 Å². The highest BCUT2D eigenvalue weighted by Crippen LogP contribution is 2.27. The Labute approximate surface area is 75.9 Å². The molecule has 0 saturated carbocycles. The van der Waals surface area contributed by atoms with Gasteiger partial charge in [-0.3, -0.25) is 4.79 Å². The second-order valence-electron chi connectivity index (χ2n) is 3.38. The Balaban J connectivity index is 3.05. The zero-order chi connectivity index (χ0) is 9.35. The fourth-order valence-corrected chi connectivity index (χ4v) is 1.77. The minimum absolute atomic E-state index is 0.759. The molecule has 2 nitrogen and oxygen atoms in total. The van der Waals surface area contributed by atoms with Crippen LogP contribution in [0.3, 0.4) is 0 Å². The third kappa shape index (κ3) is 1.50. The molecule has 0 unspecified atom stereocenters. The van der Waals surface area contributed by atoms with E-state index in [0.717, 1.165) is 10.4 Å². The molecule has 1 aromatic rings. The third-order valence-corrected chi connectivity index (χ3v) is 2.85. The molecule has 66 valence electrons. The van der Waals surface area contributed by atoms with E-state index >= 15 is 0 Å². The van der Waals surface area contributed by atoms with Gasteiger partial charge in [-0.25, -0.2) is 0 Å². The molecule has 0 aliphatic heterocycles. The topological polar surface area (TPSA) is 37.3 Å². The van der Waals surface area contributed by atoms with Crippen molar-refractivity contribution in [3.8, 4) is 0 Å². The van der Waals surface area contributed by atoms with Crippen LogP contribution in [0.2, 0.25) is 0 Å². The zero-order valence-electron chi connectivity index (χ0n) is 7.42. The number of thiophene rings is 1. The maximum absolute atomic E-state index is 10.8. The van der Waals surface area contributed by atoms with E-state index in [0.29, 0.717) is 0 Å². The molecule has 1 aromatic heterocycles. The molecule has 1 rings (SSSR count). The molecular weight excluding hydrogens is 172 g/mol. The first-order chi connectivity index (χ1) is 5.44. The van der Waals surface area contributed by atoms with Crippen LogP contribution in [0, 0.1) is 6.92 Å². The van der Waals surface area contributed by atoms with Crippen molar-refractivity contribution in [2.75, 3.05) is 0 Å². The number of rotatable bonds is 2. The normalized spacial score (nSPS) is 11.6. The van der Waals surface area contributed by atoms with Gasteiger partial charge in [0.2, 0.25) is 0 Å². The van der Waals surface area contributed by atoms with Crippen molar-refractivity contribution < 1.29 is 9.90 Å². The van der Waals surface area contributed by atoms with Crippen molar-refractivity contribution in [3.63, 3.8) is 0 Å². The van der Waals surface area contributed by atoms with E-state index in [2.05, 4.69) is 0 Å². The summed E-state index contributed by atoms with van der Waals surface area (Å²) in [6.45, 7) is 5.42. The van der Waals surface area contributed by atoms with Crippen molar-refractivity contribution in [1.29, 1.82) is 0 Å². The average molecular weight is 184 g/mol. The highest BCUT2D eigenvalue weighted by molar-refractivity contribution is 7.10. The molecule has 0 saturated heterocycles. The quantitative estimate of drug-likeness (QED) is 0.766. The molecule has 0 aromatic carbocycles. The van der Waals surface area contributed by atoms with Crippen LogP contribution in [0.1, 0.15) is 24.3 Å². The van der Waals surface area contributed by atoms with Crippen LogP contribution in [0.4, 0.5) is 0 Å². The van der Waals surface area contributed by atoms with E-state index in [1.807, 2.05) is 18.4 Å². The summed E-state index contributed by atoms with van der Waals surface area (Å²) in [6, 6.07) is 1.93. The van der Waals surface area contributed by atoms with E-state index in [1.165, 1.54) is 0 Å². The summed E-state index contributed by atoms with van der Waals surface area (Å²) in [6.07, 6.45) is 0. The summed E-state index contributed by atoms with van der Waals surface area (Å²) in [5.41, 5.74) is 0.127. The Morgan fingerprint density at radius 2 is 2.17 bits per heavy atom. The fourth-order valence-electron chi connectivity index (χ4n) is 0.895. The number of hydrogen-bond donors (Lipinski definition) is 1. The predicted molar refractivity (Wildman–Crippen MR) is 49.7 cm³/mol. The molecule has 1 N–H and O–H groups in total. The average Bonchev–Trinajstić information content (AvgIpc) is 2.35. The van der Waals surface area contributed by atoms with Gasteiger partial charge in [-0.05, 0) is 37.8 Å². The SMILES string of the molecule is Cc1cc(C(C)(C)C(=O)O)cs1. The lowest BCUT2D eigenvalue weighted by molar-refractivity contribution is -0.142. The molecule has 0 bridgehead atoms. The van der Waals surface area contributed by atoms with Crippen LogP contribution >= 0.6 is 11.3 Å². The van der Waals surface area contributed by atoms with Crippen LogP contribution < -0.4 is 0 Å². The number of aryl methyl sites for hydroxylation is 1. The number of aliphatic carboxylic acids is 1. The summed E-state index contributed by atoms with van der Waals surface area (Å²) in [7, 11) is 0. The number of hydrogen-bond acceptors (Lipinski definition) is 2. The van der Waals surface area contributed by atoms with Crippen LogP contribution in [-0.2, 0) is 10.2 Å². The second-order valence-corrected chi connectivity index (χ2v) is 4.49. The minimum atomic E-state index is -0.778. The molecule has 0 atom stereocenters. The maximum atomic E-state index is 10.8. The molecule has 0 spiro atoms. The third-order valence-electron chi connectivity index (χ3n) is 1.99. The Morgan fingerprint density at radius 3 is 2.50 bits per heavy atom. The lowest BCUT2D eigenvalue weighted by atomic mass is 9.87. The van der Waals surface area contributed by atoms with Crippen LogP contribution in [0.15, 0.2) is 11.4 Å². The summed E-state index contributed by atoms with van der Waals surface area (Å²) >= 11 is 1.59. The molecule has 0 aliphatic rings. The van der Waals surface area contributed by atoms with Crippen LogP contribution in [-0.4, -0.2) is 11.1 Å². The molecule has 3 heteroatoms. The van der Waals surface area contributed by atoms with E-state index in [4.69, 9.17) is 5.11 Å². The van der Waals surface area contributed by atoms with Gasteiger partial charge in [-0.1, -0.05) is 0 Å². The molecule has 0 radical (unpaired) electrons. The Morgan fingerprint density at radius 1 is 1.58 bits per heavy atom. The summed E-state index contributed by atoms with van der Waals surface area (Å²) in [5, 5.41) is 10.8. The van der Waals surface area contributed by atoms with Gasteiger partial charge in [0.05, 0.1) is 5.41 Å². The molecule has 0 amide bonds. The van der Waals surface area contributed by atoms with Gasteiger partial charge in [-0.15, -0.1) is 11.3 Å². The first-order valence-electron chi connectivity index (χ1n) is 3.73. The summed E-state index contributed by atoms with van der Waals surface area (Å²) in [5.74, 6) is -0.778. The van der Waals surface area contributed by atoms with Crippen molar-refractivity contribution in [1.82, 2.24) is 0 Å². The predicted octanol–water partition coefficient (Wildman–Crippen LogP) is 2.42. The van der Waals surface area contributed by atoms with E-state index in [9.17, 15) is 4.79 Å². The van der Waals surface area contributed by atoms with E-state index in [-0.39, 0.29) is 0 Å². The van der Waals surface area contributed by atoms with Crippen LogP contribution in [0.5, 0.6) is 0 Å². The Hall–Kier alpha value is -0.830. The van der Waals surface area contributed by atoms with Crippen molar-refractivity contribution >= 4 is 17.3 Å². The molecule has 0 aliphatic carbocycles. The first-order valence-corrected chi connectivity index (χ1v) is 4.61. The molecule has 1 heterocycles. The molecule has 12 heavy (non-hydrogen) atoms. The molecular formula is C9H12O2S. The lowest BCUT2D eigenvalue weighted by Gasteiger charge is -2.16. The monoisotopic (exact) mass is 184 g/mol. The Kier molecular flexibility index (Phi) is 2.24. The first kappa shape index (κ1) is 9.26. The van der Waals surface area contributed by atoms with Crippen LogP contribution in [0.25, 0.3) is 0 Å². The van der Waals surface area contributed by atoms with Gasteiger partial charge in [-0.2, -0.15) is 0 Å². The van der Waals surface area contributed by atoms with Crippen molar-refractivity contribution in [2.24, 2.45) is 0 Å². The van der Waals surface area contributed by atoms with Crippen molar-refractivity contribution in [3.05, 3.63) is 21.9 Å².